The van der Waals surface area contributed by atoms with Crippen LogP contribution in [0.4, 0.5) is 0 Å². The van der Waals surface area contributed by atoms with Crippen molar-refractivity contribution in [3.8, 4) is 5.75 Å². The van der Waals surface area contributed by atoms with Gasteiger partial charge >= 0.3 is 0 Å². The first-order valence-corrected chi connectivity index (χ1v) is 13.4. The average molecular weight is 533 g/mol. The van der Waals surface area contributed by atoms with Gasteiger partial charge in [0.05, 0.1) is 11.6 Å². The minimum atomic E-state index is -2.63. The summed E-state index contributed by atoms with van der Waals surface area (Å²) in [5, 5.41) is 46.9. The van der Waals surface area contributed by atoms with E-state index in [2.05, 4.69) is 0 Å². The summed E-state index contributed by atoms with van der Waals surface area (Å²) >= 11 is 0. The van der Waals surface area contributed by atoms with Crippen molar-refractivity contribution in [2.45, 2.75) is 50.2 Å². The van der Waals surface area contributed by atoms with E-state index in [1.165, 1.54) is 17.7 Å². The number of ketones is 2. The minimum Gasteiger partial charge on any atom is -0.508 e. The Balaban J connectivity index is 1.52. The second-order valence-electron chi connectivity index (χ2n) is 11.7. The van der Waals surface area contributed by atoms with Crippen LogP contribution in [0, 0.1) is 17.8 Å². The summed E-state index contributed by atoms with van der Waals surface area (Å²) in [5.41, 5.74) is 3.69. The van der Waals surface area contributed by atoms with Crippen LogP contribution in [0.1, 0.15) is 42.4 Å². The number of nitrogens with zero attached hydrogens (tertiary/aromatic N) is 1. The Hall–Kier alpha value is -3.69. The van der Waals surface area contributed by atoms with E-state index in [-0.39, 0.29) is 29.7 Å². The van der Waals surface area contributed by atoms with Crippen molar-refractivity contribution in [1.29, 1.82) is 0 Å². The third kappa shape index (κ3) is 3.56. The van der Waals surface area contributed by atoms with E-state index in [4.69, 9.17) is 5.73 Å². The van der Waals surface area contributed by atoms with Crippen molar-refractivity contribution in [1.82, 2.24) is 4.90 Å². The van der Waals surface area contributed by atoms with Gasteiger partial charge in [-0.05, 0) is 74.2 Å². The van der Waals surface area contributed by atoms with Gasteiger partial charge in [0.1, 0.15) is 22.8 Å². The SMILES string of the molecule is CN(C)[C@@H]1C(=O)C(C(N)=O)=C(O)[C@@]2(O)C(=O)C3=C(O)c4c(cc5c(CCC6CC6)cccc5c4O)C[C@H]3C[C@@H]12. The third-order valence-corrected chi connectivity index (χ3v) is 9.18. The Kier molecular flexibility index (Phi) is 5.68. The number of carbonyl (C=O) groups excluding carboxylic acids is 3. The number of rotatable bonds is 5. The fourth-order valence-electron chi connectivity index (χ4n) is 7.08. The number of carbonyl (C=O) groups is 3. The maximum absolute atomic E-state index is 13.9. The molecule has 0 saturated heterocycles. The molecule has 204 valence electrons. The quantitative estimate of drug-likeness (QED) is 0.367. The van der Waals surface area contributed by atoms with E-state index in [1.54, 1.807) is 20.2 Å². The van der Waals surface area contributed by atoms with Crippen molar-refractivity contribution in [3.63, 3.8) is 0 Å². The number of primary amides is 1. The number of hydrogen-bond donors (Lipinski definition) is 5. The maximum Gasteiger partial charge on any atom is 0.255 e. The highest BCUT2D eigenvalue weighted by Crippen LogP contribution is 2.53. The molecule has 0 heterocycles. The first-order valence-electron chi connectivity index (χ1n) is 13.4. The fourth-order valence-corrected chi connectivity index (χ4v) is 7.08. The summed E-state index contributed by atoms with van der Waals surface area (Å²) in [5.74, 6) is -5.62. The van der Waals surface area contributed by atoms with Crippen molar-refractivity contribution in [2.24, 2.45) is 23.5 Å². The van der Waals surface area contributed by atoms with Crippen LogP contribution in [-0.4, -0.2) is 68.5 Å². The lowest BCUT2D eigenvalue weighted by Gasteiger charge is -2.50. The van der Waals surface area contributed by atoms with Gasteiger partial charge in [0.25, 0.3) is 5.91 Å². The fraction of sp³-hybridized carbons (Fsp3) is 0.433. The summed E-state index contributed by atoms with van der Waals surface area (Å²) in [6.07, 6.45) is 4.82. The number of likely N-dealkylation sites (N-methyl/N-ethyl adjacent to an activating group) is 1. The molecule has 0 bridgehead atoms. The van der Waals surface area contributed by atoms with Gasteiger partial charge in [-0.15, -0.1) is 0 Å². The lowest BCUT2D eigenvalue weighted by atomic mass is 9.57. The molecule has 9 nitrogen and oxygen atoms in total. The molecule has 0 radical (unpaired) electrons. The van der Waals surface area contributed by atoms with Gasteiger partial charge in [0.2, 0.25) is 5.78 Å². The van der Waals surface area contributed by atoms with Gasteiger partial charge in [-0.2, -0.15) is 0 Å². The summed E-state index contributed by atoms with van der Waals surface area (Å²) in [6, 6.07) is 6.54. The van der Waals surface area contributed by atoms with Crippen LogP contribution in [-0.2, 0) is 27.2 Å². The van der Waals surface area contributed by atoms with Gasteiger partial charge in [0.15, 0.2) is 11.4 Å². The molecule has 0 unspecified atom stereocenters. The molecule has 39 heavy (non-hydrogen) atoms. The number of amides is 1. The second kappa shape index (κ2) is 8.66. The zero-order chi connectivity index (χ0) is 28.0. The van der Waals surface area contributed by atoms with Crippen LogP contribution in [0.15, 0.2) is 41.2 Å². The number of benzene rings is 2. The van der Waals surface area contributed by atoms with E-state index in [1.807, 2.05) is 18.2 Å². The Labute approximate surface area is 225 Å². The summed E-state index contributed by atoms with van der Waals surface area (Å²) in [7, 11) is 3.17. The van der Waals surface area contributed by atoms with Crippen molar-refractivity contribution in [3.05, 3.63) is 57.9 Å². The number of phenols is 1. The van der Waals surface area contributed by atoms with Crippen molar-refractivity contribution in [2.75, 3.05) is 14.1 Å². The Morgan fingerprint density at radius 3 is 2.49 bits per heavy atom. The number of nitrogens with two attached hydrogens (primary N) is 1. The van der Waals surface area contributed by atoms with Crippen LogP contribution in [0.3, 0.4) is 0 Å². The molecule has 0 aliphatic heterocycles. The number of aliphatic hydroxyl groups excluding tert-OH is 2. The number of Topliss-reactive ketones (excluding diaryl/α,β-unsaturated/α-hetero) is 2. The molecule has 0 spiro atoms. The molecular formula is C30H32N2O7. The summed E-state index contributed by atoms with van der Waals surface area (Å²) < 4.78 is 0. The number of aromatic hydroxyl groups is 1. The lowest BCUT2D eigenvalue weighted by Crippen LogP contribution is -2.65. The predicted octanol–water partition coefficient (Wildman–Crippen LogP) is 2.46. The summed E-state index contributed by atoms with van der Waals surface area (Å²) in [6.45, 7) is 0. The highest BCUT2D eigenvalue weighted by molar-refractivity contribution is 6.24. The van der Waals surface area contributed by atoms with E-state index in [9.17, 15) is 34.8 Å². The smallest absolute Gasteiger partial charge is 0.255 e. The van der Waals surface area contributed by atoms with Crippen molar-refractivity contribution < 1.29 is 34.8 Å². The molecule has 0 aromatic heterocycles. The molecule has 9 heteroatoms. The molecule has 4 atom stereocenters. The van der Waals surface area contributed by atoms with Gasteiger partial charge in [0, 0.05) is 16.9 Å². The first kappa shape index (κ1) is 25.6. The zero-order valence-corrected chi connectivity index (χ0v) is 21.9. The average Bonchev–Trinajstić information content (AvgIpc) is 3.69. The first-order chi connectivity index (χ1) is 18.5. The largest absolute Gasteiger partial charge is 0.508 e. The van der Waals surface area contributed by atoms with Gasteiger partial charge in [-0.1, -0.05) is 31.0 Å². The molecule has 4 aliphatic rings. The van der Waals surface area contributed by atoms with E-state index in [0.29, 0.717) is 10.9 Å². The molecule has 2 aromatic rings. The Morgan fingerprint density at radius 2 is 1.85 bits per heavy atom. The Morgan fingerprint density at radius 1 is 1.13 bits per heavy atom. The lowest BCUT2D eigenvalue weighted by molar-refractivity contribution is -0.153. The third-order valence-electron chi connectivity index (χ3n) is 9.18. The Bertz CT molecular complexity index is 1530. The normalized spacial score (nSPS) is 28.6. The zero-order valence-electron chi connectivity index (χ0n) is 21.9. The van der Waals surface area contributed by atoms with Crippen LogP contribution in [0.5, 0.6) is 5.75 Å². The van der Waals surface area contributed by atoms with Crippen molar-refractivity contribution >= 4 is 34.0 Å². The number of fused-ring (bicyclic) bond motifs is 4. The molecule has 1 amide bonds. The number of aryl methyl sites for hydroxylation is 1. The standard InChI is InChI=1S/C30H32N2O7/c1-32(2)23-19-12-16-10-15-11-18-14(9-8-13-6-7-13)4-3-5-17(18)24(33)20(15)25(34)21(16)27(36)30(19,39)28(37)22(26(23)35)29(31)38/h3-5,11,13,16,19,23,33-34,37,39H,6-10,12H2,1-2H3,(H2,31,38)/t16-,19-,23-,30-/m0/s1. The molecule has 6 N–H and O–H groups in total. The number of phenolic OH excluding ortho intramolecular Hbond substituents is 1. The van der Waals surface area contributed by atoms with Crippen LogP contribution in [0.2, 0.25) is 0 Å². The van der Waals surface area contributed by atoms with Gasteiger partial charge in [-0.25, -0.2) is 0 Å². The molecule has 6 rings (SSSR count). The topological polar surface area (TPSA) is 161 Å². The summed E-state index contributed by atoms with van der Waals surface area (Å²) in [4.78, 5) is 40.8. The van der Waals surface area contributed by atoms with Gasteiger partial charge < -0.3 is 26.2 Å². The monoisotopic (exact) mass is 532 g/mol. The van der Waals surface area contributed by atoms with E-state index >= 15 is 0 Å². The van der Waals surface area contributed by atoms with Crippen LogP contribution >= 0.6 is 0 Å². The van der Waals surface area contributed by atoms with Gasteiger partial charge in [-0.3, -0.25) is 19.3 Å². The van der Waals surface area contributed by atoms with Crippen LogP contribution in [0.25, 0.3) is 16.5 Å². The highest BCUT2D eigenvalue weighted by Gasteiger charge is 2.64. The van der Waals surface area contributed by atoms with E-state index in [0.717, 1.165) is 29.7 Å². The number of hydrogen-bond acceptors (Lipinski definition) is 8. The van der Waals surface area contributed by atoms with E-state index < -0.39 is 58.0 Å². The molecule has 2 aromatic carbocycles. The molecule has 4 aliphatic carbocycles. The number of aliphatic hydroxyl groups is 3. The maximum atomic E-state index is 13.9. The second-order valence-corrected chi connectivity index (χ2v) is 11.7. The predicted molar refractivity (Wildman–Crippen MR) is 143 cm³/mol. The molecular weight excluding hydrogens is 500 g/mol. The molecule has 2 fully saturated rings. The molecule has 2 saturated carbocycles. The highest BCUT2D eigenvalue weighted by atomic mass is 16.3. The minimum absolute atomic E-state index is 0.0773. The van der Waals surface area contributed by atoms with Crippen LogP contribution < -0.4 is 5.73 Å².